The Labute approximate surface area is 124 Å². The van der Waals surface area contributed by atoms with E-state index < -0.39 is 17.9 Å². The van der Waals surface area contributed by atoms with Gasteiger partial charge >= 0.3 is 17.9 Å². The lowest BCUT2D eigenvalue weighted by Gasteiger charge is -2.32. The molecule has 0 bridgehead atoms. The zero-order valence-electron chi connectivity index (χ0n) is 13.6. The van der Waals surface area contributed by atoms with E-state index in [1.165, 1.54) is 21.3 Å². The highest BCUT2D eigenvalue weighted by Gasteiger charge is 2.48. The van der Waals surface area contributed by atoms with Crippen molar-refractivity contribution in [2.75, 3.05) is 42.7 Å². The quantitative estimate of drug-likeness (QED) is 0.502. The van der Waals surface area contributed by atoms with Crippen molar-refractivity contribution in [2.45, 2.75) is 31.9 Å². The maximum Gasteiger partial charge on any atom is 0.679 e. The molecule has 0 heterocycles. The van der Waals surface area contributed by atoms with E-state index in [-0.39, 0.29) is 6.10 Å². The van der Waals surface area contributed by atoms with Crippen LogP contribution in [0.5, 0.6) is 0 Å². The molecule has 0 aliphatic carbocycles. The van der Waals surface area contributed by atoms with E-state index in [1.807, 2.05) is 0 Å². The molecular weight excluding hydrogens is 300 g/mol. The fourth-order valence-corrected chi connectivity index (χ4v) is 5.31. The van der Waals surface area contributed by atoms with E-state index in [4.69, 9.17) is 31.0 Å². The van der Waals surface area contributed by atoms with Crippen LogP contribution in [0.3, 0.4) is 0 Å². The van der Waals surface area contributed by atoms with Crippen LogP contribution in [-0.4, -0.2) is 66.6 Å². The predicted molar refractivity (Wildman–Crippen MR) is 78.2 cm³/mol. The van der Waals surface area contributed by atoms with Crippen molar-refractivity contribution >= 4 is 17.9 Å². The van der Waals surface area contributed by atoms with Crippen molar-refractivity contribution in [3.8, 4) is 0 Å². The maximum atomic E-state index is 5.95. The summed E-state index contributed by atoms with van der Waals surface area (Å²) < 4.78 is 38.1. The van der Waals surface area contributed by atoms with Crippen molar-refractivity contribution in [1.29, 1.82) is 0 Å². The van der Waals surface area contributed by atoms with Gasteiger partial charge in [-0.05, 0) is 6.42 Å². The fraction of sp³-hybridized carbons (Fsp3) is 1.00. The molecular formula is C11H28O7Si2. The maximum absolute atomic E-state index is 5.95. The molecule has 0 aromatic carbocycles. The molecule has 0 radical (unpaired) electrons. The fourth-order valence-electron chi connectivity index (χ4n) is 1.90. The number of rotatable bonds is 12. The molecule has 0 amide bonds. The molecule has 0 N–H and O–H groups in total. The van der Waals surface area contributed by atoms with E-state index in [9.17, 15) is 0 Å². The SMILES string of the molecule is CCCC(C[Si](OC)(OC)OC)O[Si](OC)(OC)OC. The largest absolute Gasteiger partial charge is 0.679 e. The van der Waals surface area contributed by atoms with Gasteiger partial charge in [-0.15, -0.1) is 0 Å². The van der Waals surface area contributed by atoms with Crippen LogP contribution >= 0.6 is 0 Å². The second-order valence-corrected chi connectivity index (χ2v) is 9.60. The summed E-state index contributed by atoms with van der Waals surface area (Å²) in [5.74, 6) is 0. The lowest BCUT2D eigenvalue weighted by Crippen LogP contribution is -2.52. The standard InChI is InChI=1S/C11H28O7Si2/c1-8-9-11(10-19(12-2,13-3)14-4)18-20(15-5,16-6)17-7/h11H,8-10H2,1-7H3. The Morgan fingerprint density at radius 3 is 1.50 bits per heavy atom. The Morgan fingerprint density at radius 2 is 1.20 bits per heavy atom. The first-order valence-electron chi connectivity index (χ1n) is 6.49. The van der Waals surface area contributed by atoms with Gasteiger partial charge in [0.05, 0.1) is 6.10 Å². The minimum Gasteiger partial charge on any atom is -0.377 e. The molecule has 0 aromatic rings. The Balaban J connectivity index is 4.95. The lowest BCUT2D eigenvalue weighted by atomic mass is 10.2. The van der Waals surface area contributed by atoms with Gasteiger partial charge in [0, 0.05) is 48.7 Å². The van der Waals surface area contributed by atoms with E-state index in [2.05, 4.69) is 6.92 Å². The van der Waals surface area contributed by atoms with Crippen molar-refractivity contribution in [3.63, 3.8) is 0 Å². The summed E-state index contributed by atoms with van der Waals surface area (Å²) >= 11 is 0. The summed E-state index contributed by atoms with van der Waals surface area (Å²) in [6.45, 7) is 2.07. The van der Waals surface area contributed by atoms with Crippen molar-refractivity contribution < 1.29 is 31.0 Å². The van der Waals surface area contributed by atoms with Crippen LogP contribution in [0, 0.1) is 0 Å². The molecule has 20 heavy (non-hydrogen) atoms. The molecule has 0 aliphatic rings. The third-order valence-electron chi connectivity index (χ3n) is 3.08. The van der Waals surface area contributed by atoms with Crippen LogP contribution in [0.15, 0.2) is 0 Å². The molecule has 122 valence electrons. The zero-order valence-corrected chi connectivity index (χ0v) is 15.6. The van der Waals surface area contributed by atoms with Crippen LogP contribution in [0.1, 0.15) is 19.8 Å². The van der Waals surface area contributed by atoms with Gasteiger partial charge in [-0.2, -0.15) is 0 Å². The summed E-state index contributed by atoms with van der Waals surface area (Å²) in [6.07, 6.45) is 1.56. The van der Waals surface area contributed by atoms with E-state index in [0.717, 1.165) is 12.8 Å². The monoisotopic (exact) mass is 328 g/mol. The number of hydrogen-bond donors (Lipinski definition) is 0. The van der Waals surface area contributed by atoms with Crippen LogP contribution in [-0.2, 0) is 31.0 Å². The van der Waals surface area contributed by atoms with Gasteiger partial charge in [-0.1, -0.05) is 13.3 Å². The minimum atomic E-state index is -3.10. The van der Waals surface area contributed by atoms with Gasteiger partial charge in [0.2, 0.25) is 0 Å². The van der Waals surface area contributed by atoms with Gasteiger partial charge in [0.1, 0.15) is 0 Å². The molecule has 7 nitrogen and oxygen atoms in total. The normalized spacial score (nSPS) is 14.6. The molecule has 1 atom stereocenters. The minimum absolute atomic E-state index is 0.182. The van der Waals surface area contributed by atoms with Crippen LogP contribution in [0.4, 0.5) is 0 Å². The Kier molecular flexibility index (Phi) is 10.1. The zero-order chi connectivity index (χ0) is 15.6. The topological polar surface area (TPSA) is 64.6 Å². The molecule has 9 heteroatoms. The van der Waals surface area contributed by atoms with Crippen molar-refractivity contribution in [3.05, 3.63) is 0 Å². The summed E-state index contributed by atoms with van der Waals surface area (Å²) in [7, 11) is 3.44. The lowest BCUT2D eigenvalue weighted by molar-refractivity contribution is -0.0246. The first-order chi connectivity index (χ1) is 9.50. The highest BCUT2D eigenvalue weighted by molar-refractivity contribution is 6.61. The molecule has 0 aromatic heterocycles. The molecule has 1 unspecified atom stereocenters. The van der Waals surface area contributed by atoms with Crippen LogP contribution < -0.4 is 0 Å². The van der Waals surface area contributed by atoms with Gasteiger partial charge < -0.3 is 31.0 Å². The van der Waals surface area contributed by atoms with Gasteiger partial charge in [0.15, 0.2) is 0 Å². The average Bonchev–Trinajstić information content (AvgIpc) is 2.50. The molecule has 0 spiro atoms. The third kappa shape index (κ3) is 5.50. The van der Waals surface area contributed by atoms with Crippen molar-refractivity contribution in [2.24, 2.45) is 0 Å². The summed E-state index contributed by atoms with van der Waals surface area (Å²) in [4.78, 5) is 0. The van der Waals surface area contributed by atoms with E-state index in [1.54, 1.807) is 21.3 Å². The highest BCUT2D eigenvalue weighted by Crippen LogP contribution is 2.24. The number of hydrogen-bond acceptors (Lipinski definition) is 7. The van der Waals surface area contributed by atoms with Gasteiger partial charge in [-0.25, -0.2) is 0 Å². The first-order valence-corrected chi connectivity index (χ1v) is 10.1. The molecule has 0 rings (SSSR count). The highest BCUT2D eigenvalue weighted by atomic mass is 28.4. The van der Waals surface area contributed by atoms with E-state index in [0.29, 0.717) is 6.04 Å². The molecule has 0 aliphatic heterocycles. The molecule has 0 saturated carbocycles. The van der Waals surface area contributed by atoms with Crippen molar-refractivity contribution in [1.82, 2.24) is 0 Å². The van der Waals surface area contributed by atoms with Gasteiger partial charge in [-0.3, -0.25) is 0 Å². The van der Waals surface area contributed by atoms with Gasteiger partial charge in [0.25, 0.3) is 0 Å². The summed E-state index contributed by atoms with van der Waals surface area (Å²) in [5, 5.41) is 0. The van der Waals surface area contributed by atoms with Crippen LogP contribution in [0.2, 0.25) is 6.04 Å². The van der Waals surface area contributed by atoms with Crippen LogP contribution in [0.25, 0.3) is 0 Å². The summed E-state index contributed by atoms with van der Waals surface area (Å²) in [6, 6.07) is 0.509. The second kappa shape index (κ2) is 9.98. The predicted octanol–water partition coefficient (Wildman–Crippen LogP) is 1.42. The Bertz CT molecular complexity index is 208. The Hall–Kier alpha value is 0.154. The molecule has 0 fully saturated rings. The molecule has 0 saturated heterocycles. The summed E-state index contributed by atoms with van der Waals surface area (Å²) in [5.41, 5.74) is 0. The average molecular weight is 329 g/mol. The third-order valence-corrected chi connectivity index (χ3v) is 8.03. The first kappa shape index (κ1) is 20.2. The smallest absolute Gasteiger partial charge is 0.377 e. The second-order valence-electron chi connectivity index (χ2n) is 4.14. The van der Waals surface area contributed by atoms with E-state index >= 15 is 0 Å². The Morgan fingerprint density at radius 1 is 0.750 bits per heavy atom.